The van der Waals surface area contributed by atoms with Gasteiger partial charge in [0, 0.05) is 7.05 Å². The van der Waals surface area contributed by atoms with E-state index in [9.17, 15) is 9.59 Å². The fraction of sp³-hybridized carbons (Fsp3) is 0.250. The number of hydrogen-bond acceptors (Lipinski definition) is 6. The Hall–Kier alpha value is -2.93. The van der Waals surface area contributed by atoms with Crippen molar-refractivity contribution in [2.75, 3.05) is 20.8 Å². The number of benzene rings is 2. The monoisotopic (exact) mass is 384 g/mol. The predicted octanol–water partition coefficient (Wildman–Crippen LogP) is 3.05. The summed E-state index contributed by atoms with van der Waals surface area (Å²) in [5.74, 6) is 0.0120. The van der Waals surface area contributed by atoms with Gasteiger partial charge in [-0.05, 0) is 29.8 Å². The summed E-state index contributed by atoms with van der Waals surface area (Å²) in [6.07, 6.45) is 0.110. The Morgan fingerprint density at radius 2 is 1.85 bits per heavy atom. The van der Waals surface area contributed by atoms with Crippen LogP contribution < -0.4 is 4.74 Å². The molecule has 0 aliphatic carbocycles. The number of aromatic nitrogens is 1. The number of esters is 1. The van der Waals surface area contributed by atoms with Crippen LogP contribution in [0.1, 0.15) is 10.6 Å². The second-order valence-corrected chi connectivity index (χ2v) is 7.13. The molecule has 0 aliphatic rings. The van der Waals surface area contributed by atoms with E-state index in [1.807, 2.05) is 24.3 Å². The molecule has 0 N–H and O–H groups in total. The summed E-state index contributed by atoms with van der Waals surface area (Å²) in [7, 11) is 3.26. The van der Waals surface area contributed by atoms with Gasteiger partial charge in [0.2, 0.25) is 0 Å². The summed E-state index contributed by atoms with van der Waals surface area (Å²) < 4.78 is 11.3. The lowest BCUT2D eigenvalue weighted by Crippen LogP contribution is -2.31. The van der Waals surface area contributed by atoms with Crippen molar-refractivity contribution >= 4 is 33.4 Å². The zero-order valence-electron chi connectivity index (χ0n) is 15.2. The Morgan fingerprint density at radius 1 is 1.11 bits per heavy atom. The van der Waals surface area contributed by atoms with Gasteiger partial charge in [0.05, 0.1) is 30.3 Å². The molecule has 0 spiro atoms. The van der Waals surface area contributed by atoms with Gasteiger partial charge in [-0.15, -0.1) is 11.3 Å². The molecule has 0 atom stereocenters. The number of para-hydroxylation sites is 1. The zero-order valence-corrected chi connectivity index (χ0v) is 16.0. The molecule has 27 heavy (non-hydrogen) atoms. The van der Waals surface area contributed by atoms with Gasteiger partial charge in [0.15, 0.2) is 6.61 Å². The van der Waals surface area contributed by atoms with E-state index in [0.717, 1.165) is 26.5 Å². The maximum atomic E-state index is 12.2. The lowest BCUT2D eigenvalue weighted by Gasteiger charge is -2.15. The lowest BCUT2D eigenvalue weighted by atomic mass is 10.1. The largest absolute Gasteiger partial charge is 0.497 e. The van der Waals surface area contributed by atoms with Gasteiger partial charge in [-0.2, -0.15) is 0 Å². The fourth-order valence-electron chi connectivity index (χ4n) is 2.49. The van der Waals surface area contributed by atoms with E-state index in [2.05, 4.69) is 4.98 Å². The molecule has 2 aromatic carbocycles. The first kappa shape index (κ1) is 18.8. The van der Waals surface area contributed by atoms with Gasteiger partial charge in [-0.3, -0.25) is 9.59 Å². The van der Waals surface area contributed by atoms with Crippen molar-refractivity contribution in [1.29, 1.82) is 0 Å². The number of likely N-dealkylation sites (N-methyl/N-ethyl adjacent to an activating group) is 1. The number of ether oxygens (including phenoxy) is 2. The SMILES string of the molecule is COc1ccc(CC(=O)OCC(=O)N(C)Cc2nc3ccccc3s2)cc1. The average molecular weight is 384 g/mol. The molecule has 0 fully saturated rings. The fourth-order valence-corrected chi connectivity index (χ4v) is 3.51. The van der Waals surface area contributed by atoms with E-state index in [1.54, 1.807) is 49.8 Å². The first-order chi connectivity index (χ1) is 13.0. The van der Waals surface area contributed by atoms with E-state index < -0.39 is 5.97 Å². The molecule has 0 bridgehead atoms. The predicted molar refractivity (Wildman–Crippen MR) is 104 cm³/mol. The van der Waals surface area contributed by atoms with Crippen LogP contribution in [-0.2, 0) is 27.3 Å². The second-order valence-electron chi connectivity index (χ2n) is 6.01. The topological polar surface area (TPSA) is 68.7 Å². The molecular weight excluding hydrogens is 364 g/mol. The number of nitrogens with zero attached hydrogens (tertiary/aromatic N) is 2. The highest BCUT2D eigenvalue weighted by Gasteiger charge is 2.15. The maximum Gasteiger partial charge on any atom is 0.310 e. The van der Waals surface area contributed by atoms with Crippen LogP contribution in [0, 0.1) is 0 Å². The van der Waals surface area contributed by atoms with Crippen molar-refractivity contribution in [3.63, 3.8) is 0 Å². The lowest BCUT2D eigenvalue weighted by molar-refractivity contribution is -0.151. The van der Waals surface area contributed by atoms with E-state index in [0.29, 0.717) is 6.54 Å². The van der Waals surface area contributed by atoms with Crippen molar-refractivity contribution in [2.24, 2.45) is 0 Å². The van der Waals surface area contributed by atoms with Gasteiger partial charge in [0.1, 0.15) is 10.8 Å². The van der Waals surface area contributed by atoms with Crippen LogP contribution in [0.4, 0.5) is 0 Å². The smallest absolute Gasteiger partial charge is 0.310 e. The standard InChI is InChI=1S/C20H20N2O4S/c1-22(12-18-21-16-5-3-4-6-17(16)27-18)19(23)13-26-20(24)11-14-7-9-15(25-2)10-8-14/h3-10H,11-13H2,1-2H3. The zero-order chi connectivity index (χ0) is 19.2. The Balaban J connectivity index is 1.48. The molecular formula is C20H20N2O4S. The number of carbonyl (C=O) groups excluding carboxylic acids is 2. The molecule has 0 aliphatic heterocycles. The van der Waals surface area contributed by atoms with Crippen LogP contribution in [-0.4, -0.2) is 42.5 Å². The third-order valence-electron chi connectivity index (χ3n) is 4.00. The molecule has 1 aromatic heterocycles. The van der Waals surface area contributed by atoms with Crippen LogP contribution in [0.25, 0.3) is 10.2 Å². The molecule has 1 heterocycles. The highest BCUT2D eigenvalue weighted by Crippen LogP contribution is 2.22. The minimum Gasteiger partial charge on any atom is -0.497 e. The van der Waals surface area contributed by atoms with Crippen LogP contribution in [0.5, 0.6) is 5.75 Å². The average Bonchev–Trinajstić information content (AvgIpc) is 3.09. The minimum absolute atomic E-state index is 0.110. The summed E-state index contributed by atoms with van der Waals surface area (Å²) in [6.45, 7) is 0.102. The van der Waals surface area contributed by atoms with Gasteiger partial charge in [-0.1, -0.05) is 24.3 Å². The van der Waals surface area contributed by atoms with Gasteiger partial charge in [-0.25, -0.2) is 4.98 Å². The third-order valence-corrected chi connectivity index (χ3v) is 5.02. The highest BCUT2D eigenvalue weighted by atomic mass is 32.1. The number of amides is 1. The first-order valence-electron chi connectivity index (χ1n) is 8.42. The second kappa shape index (κ2) is 8.64. The Morgan fingerprint density at radius 3 is 2.56 bits per heavy atom. The van der Waals surface area contributed by atoms with Crippen molar-refractivity contribution in [1.82, 2.24) is 9.88 Å². The number of methoxy groups -OCH3 is 1. The van der Waals surface area contributed by atoms with Crippen molar-refractivity contribution in [2.45, 2.75) is 13.0 Å². The molecule has 0 saturated carbocycles. The molecule has 6 nitrogen and oxygen atoms in total. The van der Waals surface area contributed by atoms with E-state index in [1.165, 1.54) is 4.90 Å². The van der Waals surface area contributed by atoms with Gasteiger partial charge in [0.25, 0.3) is 5.91 Å². The minimum atomic E-state index is -0.443. The summed E-state index contributed by atoms with van der Waals surface area (Å²) >= 11 is 1.55. The van der Waals surface area contributed by atoms with Crippen molar-refractivity contribution in [3.05, 3.63) is 59.1 Å². The Labute approximate surface area is 161 Å². The van der Waals surface area contributed by atoms with E-state index in [-0.39, 0.29) is 18.9 Å². The normalized spacial score (nSPS) is 10.6. The highest BCUT2D eigenvalue weighted by molar-refractivity contribution is 7.18. The quantitative estimate of drug-likeness (QED) is 0.586. The molecule has 3 aromatic rings. The summed E-state index contributed by atoms with van der Waals surface area (Å²) in [4.78, 5) is 30.2. The van der Waals surface area contributed by atoms with Crippen LogP contribution in [0.3, 0.4) is 0 Å². The maximum absolute atomic E-state index is 12.2. The molecule has 0 radical (unpaired) electrons. The molecule has 0 unspecified atom stereocenters. The Kier molecular flexibility index (Phi) is 6.03. The Bertz CT molecular complexity index is 904. The molecule has 7 heteroatoms. The molecule has 1 amide bonds. The molecule has 140 valence electrons. The van der Waals surface area contributed by atoms with E-state index >= 15 is 0 Å². The third kappa shape index (κ3) is 5.04. The van der Waals surface area contributed by atoms with Crippen molar-refractivity contribution in [3.8, 4) is 5.75 Å². The van der Waals surface area contributed by atoms with Crippen molar-refractivity contribution < 1.29 is 19.1 Å². The molecule has 3 rings (SSSR count). The van der Waals surface area contributed by atoms with Crippen LogP contribution in [0.2, 0.25) is 0 Å². The number of carbonyl (C=O) groups is 2. The number of fused-ring (bicyclic) bond motifs is 1. The number of thiazole rings is 1. The van der Waals surface area contributed by atoms with E-state index in [4.69, 9.17) is 9.47 Å². The number of hydrogen-bond donors (Lipinski definition) is 0. The van der Waals surface area contributed by atoms with Gasteiger partial charge < -0.3 is 14.4 Å². The molecule has 0 saturated heterocycles. The van der Waals surface area contributed by atoms with Crippen LogP contribution >= 0.6 is 11.3 Å². The first-order valence-corrected chi connectivity index (χ1v) is 9.24. The summed E-state index contributed by atoms with van der Waals surface area (Å²) in [5, 5.41) is 0.844. The van der Waals surface area contributed by atoms with Crippen LogP contribution in [0.15, 0.2) is 48.5 Å². The van der Waals surface area contributed by atoms with Gasteiger partial charge >= 0.3 is 5.97 Å². The number of rotatable bonds is 7. The summed E-state index contributed by atoms with van der Waals surface area (Å²) in [5.41, 5.74) is 1.72. The summed E-state index contributed by atoms with van der Waals surface area (Å²) in [6, 6.07) is 15.0.